The first-order valence-corrected chi connectivity index (χ1v) is 10.8. The van der Waals surface area contributed by atoms with Crippen LogP contribution >= 0.6 is 0 Å². The first-order chi connectivity index (χ1) is 13.8. The lowest BCUT2D eigenvalue weighted by atomic mass is 10.1. The predicted octanol–water partition coefficient (Wildman–Crippen LogP) is 4.38. The number of nitrogens with zero attached hydrogens (tertiary/aromatic N) is 2. The fourth-order valence-electron chi connectivity index (χ4n) is 2.77. The number of benzene rings is 2. The maximum absolute atomic E-state index is 12.6. The van der Waals surface area contributed by atoms with E-state index in [4.69, 9.17) is 0 Å². The van der Waals surface area contributed by atoms with Crippen molar-refractivity contribution in [3.05, 3.63) is 65.5 Å². The number of aromatic nitrogens is 2. The van der Waals surface area contributed by atoms with E-state index in [1.807, 2.05) is 39.8 Å². The first kappa shape index (κ1) is 20.6. The molecule has 1 heterocycles. The molecule has 7 nitrogen and oxygen atoms in total. The molecular formula is C21H25N5O2S. The number of anilines is 4. The highest BCUT2D eigenvalue weighted by molar-refractivity contribution is 7.92. The molecule has 29 heavy (non-hydrogen) atoms. The minimum absolute atomic E-state index is 0.246. The van der Waals surface area contributed by atoms with E-state index in [1.165, 1.54) is 0 Å². The molecule has 0 saturated heterocycles. The molecule has 0 bridgehead atoms. The Morgan fingerprint density at radius 3 is 2.14 bits per heavy atom. The molecule has 1 aromatic heterocycles. The SMILES string of the molecule is CCNc1cc(Nc2ccc(NS(=O)(=O)c3ccc(C)c(C)c3)cc2)nc(C)n1. The number of sulfonamides is 1. The highest BCUT2D eigenvalue weighted by Crippen LogP contribution is 2.22. The molecule has 3 aromatic rings. The zero-order valence-corrected chi connectivity index (χ0v) is 17.8. The smallest absolute Gasteiger partial charge is 0.261 e. The number of hydrogen-bond donors (Lipinski definition) is 3. The summed E-state index contributed by atoms with van der Waals surface area (Å²) in [6, 6.07) is 13.9. The van der Waals surface area contributed by atoms with Gasteiger partial charge >= 0.3 is 0 Å². The quantitative estimate of drug-likeness (QED) is 0.534. The highest BCUT2D eigenvalue weighted by Gasteiger charge is 2.15. The van der Waals surface area contributed by atoms with E-state index in [1.54, 1.807) is 36.4 Å². The van der Waals surface area contributed by atoms with Gasteiger partial charge in [0.25, 0.3) is 10.0 Å². The van der Waals surface area contributed by atoms with Gasteiger partial charge < -0.3 is 10.6 Å². The third-order valence-electron chi connectivity index (χ3n) is 4.39. The monoisotopic (exact) mass is 411 g/mol. The van der Waals surface area contributed by atoms with Crippen LogP contribution in [0.3, 0.4) is 0 Å². The molecule has 2 aromatic carbocycles. The molecular weight excluding hydrogens is 386 g/mol. The lowest BCUT2D eigenvalue weighted by molar-refractivity contribution is 0.601. The molecule has 152 valence electrons. The van der Waals surface area contributed by atoms with Crippen molar-refractivity contribution in [1.82, 2.24) is 9.97 Å². The van der Waals surface area contributed by atoms with Gasteiger partial charge in [0.05, 0.1) is 4.90 Å². The van der Waals surface area contributed by atoms with Crippen LogP contribution in [0.4, 0.5) is 23.0 Å². The first-order valence-electron chi connectivity index (χ1n) is 9.33. The summed E-state index contributed by atoms with van der Waals surface area (Å²) in [5, 5.41) is 6.38. The highest BCUT2D eigenvalue weighted by atomic mass is 32.2. The van der Waals surface area contributed by atoms with Crippen LogP contribution in [0.15, 0.2) is 53.4 Å². The number of hydrogen-bond acceptors (Lipinski definition) is 6. The Bertz CT molecular complexity index is 1110. The van der Waals surface area contributed by atoms with Crippen LogP contribution in [0.25, 0.3) is 0 Å². The van der Waals surface area contributed by atoms with Gasteiger partial charge in [-0.2, -0.15) is 0 Å². The third-order valence-corrected chi connectivity index (χ3v) is 5.77. The maximum atomic E-state index is 12.6. The van der Waals surface area contributed by atoms with Crippen LogP contribution in [-0.4, -0.2) is 24.9 Å². The van der Waals surface area contributed by atoms with Crippen molar-refractivity contribution in [2.24, 2.45) is 0 Å². The Morgan fingerprint density at radius 1 is 0.828 bits per heavy atom. The van der Waals surface area contributed by atoms with E-state index in [0.717, 1.165) is 29.2 Å². The van der Waals surface area contributed by atoms with E-state index >= 15 is 0 Å². The summed E-state index contributed by atoms with van der Waals surface area (Å²) < 4.78 is 27.9. The molecule has 3 rings (SSSR count). The van der Waals surface area contributed by atoms with E-state index in [2.05, 4.69) is 25.3 Å². The van der Waals surface area contributed by atoms with Crippen LogP contribution < -0.4 is 15.4 Å². The second-order valence-corrected chi connectivity index (χ2v) is 8.45. The summed E-state index contributed by atoms with van der Waals surface area (Å²) in [4.78, 5) is 8.94. The van der Waals surface area contributed by atoms with Gasteiger partial charge in [0.2, 0.25) is 0 Å². The van der Waals surface area contributed by atoms with Crippen LogP contribution in [0.2, 0.25) is 0 Å². The zero-order chi connectivity index (χ0) is 21.0. The Kier molecular flexibility index (Phi) is 6.03. The summed E-state index contributed by atoms with van der Waals surface area (Å²) >= 11 is 0. The van der Waals surface area contributed by atoms with Crippen LogP contribution in [-0.2, 0) is 10.0 Å². The number of rotatable bonds is 7. The average Bonchev–Trinajstić information content (AvgIpc) is 2.65. The molecule has 0 aliphatic carbocycles. The van der Waals surface area contributed by atoms with Crippen molar-refractivity contribution < 1.29 is 8.42 Å². The summed E-state index contributed by atoms with van der Waals surface area (Å²) in [6.45, 7) is 8.45. The van der Waals surface area contributed by atoms with Crippen molar-refractivity contribution in [1.29, 1.82) is 0 Å². The molecule has 0 aliphatic heterocycles. The Morgan fingerprint density at radius 2 is 1.48 bits per heavy atom. The summed E-state index contributed by atoms with van der Waals surface area (Å²) in [5.74, 6) is 2.07. The normalized spacial score (nSPS) is 11.2. The van der Waals surface area contributed by atoms with Crippen molar-refractivity contribution in [3.8, 4) is 0 Å². The largest absolute Gasteiger partial charge is 0.370 e. The molecule has 3 N–H and O–H groups in total. The van der Waals surface area contributed by atoms with Gasteiger partial charge in [-0.3, -0.25) is 4.72 Å². The molecule has 0 aliphatic rings. The predicted molar refractivity (Wildman–Crippen MR) is 117 cm³/mol. The van der Waals surface area contributed by atoms with Crippen LogP contribution in [0.5, 0.6) is 0 Å². The van der Waals surface area contributed by atoms with E-state index in [9.17, 15) is 8.42 Å². The van der Waals surface area contributed by atoms with Gasteiger partial charge in [0, 0.05) is 24.0 Å². The zero-order valence-electron chi connectivity index (χ0n) is 16.9. The second-order valence-electron chi connectivity index (χ2n) is 6.77. The molecule has 0 amide bonds. The fraction of sp³-hybridized carbons (Fsp3) is 0.238. The van der Waals surface area contributed by atoms with Crippen LogP contribution in [0.1, 0.15) is 23.9 Å². The molecule has 0 saturated carbocycles. The topological polar surface area (TPSA) is 96.0 Å². The number of aryl methyl sites for hydroxylation is 3. The van der Waals surface area contributed by atoms with Gasteiger partial charge in [-0.05, 0) is 75.2 Å². The van der Waals surface area contributed by atoms with Crippen molar-refractivity contribution in [2.75, 3.05) is 21.9 Å². The molecule has 0 unspecified atom stereocenters. The van der Waals surface area contributed by atoms with Crippen LogP contribution in [0, 0.1) is 20.8 Å². The standard InChI is InChI=1S/C21H25N5O2S/c1-5-22-20-13-21(24-16(4)23-20)25-17-7-9-18(10-8-17)26-29(27,28)19-11-6-14(2)15(3)12-19/h6-13,26H,5H2,1-4H3,(H2,22,23,24,25). The lowest BCUT2D eigenvalue weighted by Crippen LogP contribution is -2.13. The van der Waals surface area contributed by atoms with E-state index in [-0.39, 0.29) is 4.90 Å². The molecule has 0 spiro atoms. The van der Waals surface area contributed by atoms with Crippen molar-refractivity contribution in [3.63, 3.8) is 0 Å². The minimum atomic E-state index is -3.64. The summed E-state index contributed by atoms with van der Waals surface area (Å²) in [6.07, 6.45) is 0. The van der Waals surface area contributed by atoms with Gasteiger partial charge in [-0.1, -0.05) is 6.07 Å². The van der Waals surface area contributed by atoms with Gasteiger partial charge in [0.15, 0.2) is 0 Å². The van der Waals surface area contributed by atoms with Crippen molar-refractivity contribution >= 4 is 33.0 Å². The maximum Gasteiger partial charge on any atom is 0.261 e. The van der Waals surface area contributed by atoms with Gasteiger partial charge in [-0.25, -0.2) is 18.4 Å². The van der Waals surface area contributed by atoms with E-state index < -0.39 is 10.0 Å². The Hall–Kier alpha value is -3.13. The lowest BCUT2D eigenvalue weighted by Gasteiger charge is -2.12. The average molecular weight is 412 g/mol. The van der Waals surface area contributed by atoms with Gasteiger partial charge in [0.1, 0.15) is 17.5 Å². The summed E-state index contributed by atoms with van der Waals surface area (Å²) in [7, 11) is -3.64. The summed E-state index contributed by atoms with van der Waals surface area (Å²) in [5.41, 5.74) is 3.27. The third kappa shape index (κ3) is 5.23. The molecule has 0 atom stereocenters. The number of nitrogens with one attached hydrogen (secondary N) is 3. The van der Waals surface area contributed by atoms with Crippen molar-refractivity contribution in [2.45, 2.75) is 32.6 Å². The molecule has 0 fully saturated rings. The minimum Gasteiger partial charge on any atom is -0.370 e. The fourth-order valence-corrected chi connectivity index (χ4v) is 3.91. The Labute approximate surface area is 171 Å². The second kappa shape index (κ2) is 8.48. The van der Waals surface area contributed by atoms with E-state index in [0.29, 0.717) is 17.3 Å². The van der Waals surface area contributed by atoms with Gasteiger partial charge in [-0.15, -0.1) is 0 Å². The molecule has 0 radical (unpaired) electrons. The Balaban J connectivity index is 1.74. The molecule has 8 heteroatoms.